The summed E-state index contributed by atoms with van der Waals surface area (Å²) in [7, 11) is 0. The summed E-state index contributed by atoms with van der Waals surface area (Å²) in [5.74, 6) is -2.74. The molecule has 2 heterocycles. The van der Waals surface area contributed by atoms with Gasteiger partial charge in [0.25, 0.3) is 11.8 Å². The second-order valence-electron chi connectivity index (χ2n) is 11.4. The molecule has 2 aromatic carbocycles. The van der Waals surface area contributed by atoms with Crippen molar-refractivity contribution in [2.24, 2.45) is 5.41 Å². The Morgan fingerprint density at radius 1 is 1.06 bits per heavy atom. The number of aliphatic hydroxyl groups excluding tert-OH is 1. The first-order chi connectivity index (χ1) is 17.2. The third-order valence-electron chi connectivity index (χ3n) is 8.87. The average molecular weight is 514 g/mol. The number of hydrogen-bond acceptors (Lipinski definition) is 5. The minimum atomic E-state index is -2.67. The van der Waals surface area contributed by atoms with Crippen LogP contribution in [-0.2, 0) is 5.41 Å². The highest BCUT2D eigenvalue weighted by Crippen LogP contribution is 2.62. The van der Waals surface area contributed by atoms with E-state index in [1.807, 2.05) is 17.2 Å². The lowest BCUT2D eigenvalue weighted by Gasteiger charge is -2.39. The molecule has 1 atom stereocenters. The van der Waals surface area contributed by atoms with Crippen LogP contribution in [-0.4, -0.2) is 54.3 Å². The van der Waals surface area contributed by atoms with Gasteiger partial charge in [0.1, 0.15) is 0 Å². The van der Waals surface area contributed by atoms with Gasteiger partial charge in [-0.25, -0.2) is 8.78 Å². The molecule has 36 heavy (non-hydrogen) atoms. The van der Waals surface area contributed by atoms with Crippen LogP contribution in [0.15, 0.2) is 42.5 Å². The van der Waals surface area contributed by atoms with Crippen molar-refractivity contribution in [1.82, 2.24) is 4.90 Å². The van der Waals surface area contributed by atoms with E-state index >= 15 is 0 Å². The Bertz CT molecular complexity index is 1170. The van der Waals surface area contributed by atoms with Crippen molar-refractivity contribution in [2.45, 2.75) is 56.0 Å². The number of fused-ring (bicyclic) bond motifs is 2. The molecule has 0 bridgehead atoms. The van der Waals surface area contributed by atoms with Gasteiger partial charge in [-0.05, 0) is 85.4 Å². The van der Waals surface area contributed by atoms with Crippen LogP contribution < -0.4 is 9.62 Å². The Morgan fingerprint density at radius 3 is 2.44 bits per heavy atom. The average Bonchev–Trinajstić information content (AvgIpc) is 3.55. The lowest BCUT2D eigenvalue weighted by molar-refractivity contribution is -0.139. The van der Waals surface area contributed by atoms with Crippen molar-refractivity contribution < 1.29 is 18.7 Å². The second-order valence-corrected chi connectivity index (χ2v) is 12.0. The first kappa shape index (κ1) is 24.2. The first-order valence-corrected chi connectivity index (χ1v) is 14.1. The van der Waals surface area contributed by atoms with Crippen LogP contribution in [0.5, 0.6) is 0 Å². The highest BCUT2D eigenvalue weighted by molar-refractivity contribution is 7.99. The fraction of sp³-hybridized carbons (Fsp3) is 0.536. The lowest BCUT2D eigenvalue weighted by Crippen LogP contribution is -2.57. The van der Waals surface area contributed by atoms with Crippen molar-refractivity contribution in [1.29, 1.82) is 0 Å². The van der Waals surface area contributed by atoms with E-state index in [0.717, 1.165) is 24.2 Å². The number of carbonyl (C=O) groups is 1. The monoisotopic (exact) mass is 513 g/mol. The smallest absolute Gasteiger partial charge is 0.272 e. The predicted molar refractivity (Wildman–Crippen MR) is 140 cm³/mol. The predicted octanol–water partition coefficient (Wildman–Crippen LogP) is 5.61. The summed E-state index contributed by atoms with van der Waals surface area (Å²) in [6, 6.07) is 13.4. The van der Waals surface area contributed by atoms with Crippen molar-refractivity contribution in [3.63, 3.8) is 0 Å². The van der Waals surface area contributed by atoms with Gasteiger partial charge in [-0.1, -0.05) is 24.1 Å². The van der Waals surface area contributed by atoms with Gasteiger partial charge < -0.3 is 14.7 Å². The van der Waals surface area contributed by atoms with E-state index in [9.17, 15) is 18.7 Å². The Kier molecular flexibility index (Phi) is 5.85. The van der Waals surface area contributed by atoms with Gasteiger partial charge in [0, 0.05) is 41.7 Å². The summed E-state index contributed by atoms with van der Waals surface area (Å²) in [6.45, 7) is 0.152. The van der Waals surface area contributed by atoms with Crippen LogP contribution in [0.3, 0.4) is 0 Å². The van der Waals surface area contributed by atoms with E-state index in [1.54, 1.807) is 36.2 Å². The van der Waals surface area contributed by atoms with E-state index < -0.39 is 12.0 Å². The number of β-amino-alcohol motifs (C(OH)–C–C–N with tert-alkyl or cyclic N) is 1. The number of nitrogens with zero attached hydrogens (tertiary/aromatic N) is 2. The van der Waals surface area contributed by atoms with Crippen LogP contribution >= 0.6 is 11.9 Å². The van der Waals surface area contributed by atoms with Crippen molar-refractivity contribution in [2.75, 3.05) is 42.1 Å². The van der Waals surface area contributed by atoms with Gasteiger partial charge in [-0.3, -0.25) is 9.69 Å². The summed E-state index contributed by atoms with van der Waals surface area (Å²) in [5.41, 5.74) is 4.94. The van der Waals surface area contributed by atoms with Crippen molar-refractivity contribution in [3.8, 4) is 0 Å². The maximum absolute atomic E-state index is 13.9. The molecule has 6 rings (SSSR count). The van der Waals surface area contributed by atoms with Crippen LogP contribution in [0, 0.1) is 5.41 Å². The molecule has 192 valence electrons. The molecule has 2 aliphatic heterocycles. The number of alkyl halides is 2. The SMILES string of the molecule is CSNc1ccc2c(c1)C1(CCC3(CC3)CC1)CN2C(=O)c1cccc(C(O)CN2CC(F)(F)C2)c1. The number of anilines is 2. The summed E-state index contributed by atoms with van der Waals surface area (Å²) in [6.07, 6.45) is 8.44. The number of carbonyl (C=O) groups excluding carboxylic acids is 1. The number of rotatable bonds is 6. The minimum absolute atomic E-state index is 0.0191. The van der Waals surface area contributed by atoms with Gasteiger partial charge in [0.2, 0.25) is 0 Å². The molecule has 1 unspecified atom stereocenters. The fourth-order valence-corrected chi connectivity index (χ4v) is 6.88. The molecular weight excluding hydrogens is 480 g/mol. The Labute approximate surface area is 215 Å². The highest BCUT2D eigenvalue weighted by atomic mass is 32.2. The van der Waals surface area contributed by atoms with Crippen LogP contribution in [0.1, 0.15) is 66.1 Å². The minimum Gasteiger partial charge on any atom is -0.387 e. The van der Waals surface area contributed by atoms with Crippen LogP contribution in [0.4, 0.5) is 20.2 Å². The standard InChI is InChI=1S/C28H33F2N3O2S/c1-36-31-21-5-6-23-22(14-21)27(11-9-26(7-8-26)10-12-27)16-33(23)25(35)20-4-2-3-19(13-20)24(34)15-32-17-28(29,30)18-32/h2-6,13-14,24,31,34H,7-12,15-18H2,1H3. The van der Waals surface area contributed by atoms with E-state index in [-0.39, 0.29) is 31.0 Å². The van der Waals surface area contributed by atoms with Crippen molar-refractivity contribution in [3.05, 3.63) is 59.2 Å². The molecule has 0 aromatic heterocycles. The molecule has 3 fully saturated rings. The van der Waals surface area contributed by atoms with E-state index in [1.165, 1.54) is 36.1 Å². The quantitative estimate of drug-likeness (QED) is 0.492. The Balaban J connectivity index is 1.25. The van der Waals surface area contributed by atoms with Crippen LogP contribution in [0.2, 0.25) is 0 Å². The number of benzene rings is 2. The number of nitrogens with one attached hydrogen (secondary N) is 1. The highest BCUT2D eigenvalue weighted by Gasteiger charge is 2.53. The van der Waals surface area contributed by atoms with E-state index in [0.29, 0.717) is 23.1 Å². The summed E-state index contributed by atoms with van der Waals surface area (Å²) in [5, 5.41) is 10.7. The normalized spacial score (nSPS) is 23.8. The Morgan fingerprint density at radius 2 is 1.78 bits per heavy atom. The molecule has 1 amide bonds. The third-order valence-corrected chi connectivity index (χ3v) is 9.31. The zero-order valence-electron chi connectivity index (χ0n) is 20.6. The number of aliphatic hydroxyl groups is 1. The Hall–Kier alpha value is -2.16. The van der Waals surface area contributed by atoms with Crippen LogP contribution in [0.25, 0.3) is 0 Å². The summed E-state index contributed by atoms with van der Waals surface area (Å²) >= 11 is 1.56. The summed E-state index contributed by atoms with van der Waals surface area (Å²) < 4.78 is 29.7. The zero-order chi connectivity index (χ0) is 25.1. The van der Waals surface area contributed by atoms with E-state index in [2.05, 4.69) is 16.9 Å². The second kappa shape index (κ2) is 8.71. The molecule has 2 aliphatic carbocycles. The molecule has 0 radical (unpaired) electrons. The van der Waals surface area contributed by atoms with Crippen molar-refractivity contribution >= 4 is 29.2 Å². The molecule has 2 spiro atoms. The maximum atomic E-state index is 13.9. The number of hydrogen-bond donors (Lipinski definition) is 2. The van der Waals surface area contributed by atoms with Gasteiger partial charge in [0.05, 0.1) is 19.2 Å². The number of amides is 1. The fourth-order valence-electron chi connectivity index (χ4n) is 6.52. The van der Waals surface area contributed by atoms with Gasteiger partial charge >= 0.3 is 0 Å². The topological polar surface area (TPSA) is 55.8 Å². The zero-order valence-corrected chi connectivity index (χ0v) is 21.4. The van der Waals surface area contributed by atoms with Gasteiger partial charge in [-0.15, -0.1) is 0 Å². The number of likely N-dealkylation sites (tertiary alicyclic amines) is 1. The summed E-state index contributed by atoms with van der Waals surface area (Å²) in [4.78, 5) is 17.3. The van der Waals surface area contributed by atoms with Gasteiger partial charge in [0.15, 0.2) is 0 Å². The number of halogens is 2. The molecule has 2 saturated carbocycles. The molecule has 4 aliphatic rings. The molecule has 8 heteroatoms. The van der Waals surface area contributed by atoms with Gasteiger partial charge in [-0.2, -0.15) is 0 Å². The third kappa shape index (κ3) is 4.31. The molecule has 2 aromatic rings. The molecule has 1 saturated heterocycles. The first-order valence-electron chi connectivity index (χ1n) is 12.9. The molecule has 5 nitrogen and oxygen atoms in total. The largest absolute Gasteiger partial charge is 0.387 e. The molecule has 2 N–H and O–H groups in total. The molecular formula is C28H33F2N3O2S. The van der Waals surface area contributed by atoms with E-state index in [4.69, 9.17) is 0 Å². The lowest BCUT2D eigenvalue weighted by atomic mass is 9.66. The maximum Gasteiger partial charge on any atom is 0.272 e.